The van der Waals surface area contributed by atoms with Crippen molar-refractivity contribution in [2.45, 2.75) is 77.7 Å². The maximum atomic E-state index is 4.98. The van der Waals surface area contributed by atoms with E-state index in [4.69, 9.17) is 4.98 Å². The second kappa shape index (κ2) is 6.85. The van der Waals surface area contributed by atoms with E-state index in [-0.39, 0.29) is 5.54 Å². The first-order valence-electron chi connectivity index (χ1n) is 7.93. The van der Waals surface area contributed by atoms with Gasteiger partial charge in [0, 0.05) is 4.88 Å². The van der Waals surface area contributed by atoms with Crippen LogP contribution < -0.4 is 5.32 Å². The fraction of sp³-hybridized carbons (Fsp3) is 0.812. The number of hydrogen-bond acceptors (Lipinski definition) is 3. The molecule has 0 aliphatic heterocycles. The van der Waals surface area contributed by atoms with Crippen molar-refractivity contribution in [3.8, 4) is 0 Å². The summed E-state index contributed by atoms with van der Waals surface area (Å²) in [5.74, 6) is 0. The second-order valence-corrected chi connectivity index (χ2v) is 7.00. The summed E-state index contributed by atoms with van der Waals surface area (Å²) in [6.45, 7) is 7.83. The van der Waals surface area contributed by atoms with E-state index in [0.717, 1.165) is 6.54 Å². The number of aromatic nitrogens is 1. The van der Waals surface area contributed by atoms with Crippen LogP contribution in [0.1, 0.15) is 74.9 Å². The maximum absolute atomic E-state index is 4.98. The van der Waals surface area contributed by atoms with Crippen molar-refractivity contribution in [1.82, 2.24) is 10.3 Å². The van der Waals surface area contributed by atoms with Crippen molar-refractivity contribution >= 4 is 11.3 Å². The van der Waals surface area contributed by atoms with Crippen molar-refractivity contribution < 1.29 is 0 Å². The summed E-state index contributed by atoms with van der Waals surface area (Å²) in [6, 6.07) is 0. The van der Waals surface area contributed by atoms with Crippen LogP contribution in [0.15, 0.2) is 0 Å². The molecule has 0 amide bonds. The summed E-state index contributed by atoms with van der Waals surface area (Å²) in [5.41, 5.74) is 1.48. The summed E-state index contributed by atoms with van der Waals surface area (Å²) >= 11 is 1.97. The monoisotopic (exact) mass is 280 g/mol. The van der Waals surface area contributed by atoms with Crippen LogP contribution in [0.2, 0.25) is 0 Å². The normalized spacial score (nSPS) is 18.1. The zero-order chi connectivity index (χ0) is 13.7. The van der Waals surface area contributed by atoms with Crippen molar-refractivity contribution in [1.29, 1.82) is 0 Å². The fourth-order valence-electron chi connectivity index (χ4n) is 2.98. The van der Waals surface area contributed by atoms with E-state index in [2.05, 4.69) is 26.1 Å². The molecule has 0 radical (unpaired) electrons. The molecule has 3 heteroatoms. The minimum absolute atomic E-state index is 0.0892. The molecule has 2 nitrogen and oxygen atoms in total. The molecule has 108 valence electrons. The van der Waals surface area contributed by atoms with Crippen LogP contribution in [-0.4, -0.2) is 11.5 Å². The fourth-order valence-corrected chi connectivity index (χ4v) is 4.28. The lowest BCUT2D eigenvalue weighted by Gasteiger charge is -2.28. The lowest BCUT2D eigenvalue weighted by molar-refractivity contribution is 0.333. The molecule has 1 unspecified atom stereocenters. The van der Waals surface area contributed by atoms with Gasteiger partial charge in [-0.15, -0.1) is 11.3 Å². The molecular formula is C16H28N2S. The van der Waals surface area contributed by atoms with Crippen LogP contribution in [0, 0.1) is 0 Å². The van der Waals surface area contributed by atoms with E-state index in [1.807, 2.05) is 11.3 Å². The summed E-state index contributed by atoms with van der Waals surface area (Å²) in [4.78, 5) is 6.53. The zero-order valence-corrected chi connectivity index (χ0v) is 13.5. The Morgan fingerprint density at radius 2 is 2.00 bits per heavy atom. The van der Waals surface area contributed by atoms with Gasteiger partial charge >= 0.3 is 0 Å². The molecule has 1 atom stereocenters. The van der Waals surface area contributed by atoms with Crippen molar-refractivity contribution in [2.75, 3.05) is 6.54 Å². The summed E-state index contributed by atoms with van der Waals surface area (Å²) in [5, 5.41) is 5.02. The average molecular weight is 280 g/mol. The molecule has 1 aromatic heterocycles. The highest BCUT2D eigenvalue weighted by Crippen LogP contribution is 2.35. The molecule has 0 aromatic carbocycles. The molecule has 19 heavy (non-hydrogen) atoms. The SMILES string of the molecule is CCCCCC(C)(NCC)c1nc2c(s1)CCCC2. The average Bonchev–Trinajstić information content (AvgIpc) is 2.84. The van der Waals surface area contributed by atoms with E-state index in [1.165, 1.54) is 62.1 Å². The number of fused-ring (bicyclic) bond motifs is 1. The molecule has 0 fully saturated rings. The molecule has 1 heterocycles. The Bertz CT molecular complexity index is 376. The second-order valence-electron chi connectivity index (χ2n) is 5.92. The summed E-state index contributed by atoms with van der Waals surface area (Å²) < 4.78 is 0. The molecule has 0 saturated carbocycles. The van der Waals surface area contributed by atoms with Crippen LogP contribution in [0.25, 0.3) is 0 Å². The standard InChI is InChI=1S/C16H28N2S/c1-4-6-9-12-16(3,17-5-2)15-18-13-10-7-8-11-14(13)19-15/h17H,4-12H2,1-3H3. The van der Waals surface area contributed by atoms with Gasteiger partial charge in [-0.2, -0.15) is 0 Å². The Morgan fingerprint density at radius 1 is 1.21 bits per heavy atom. The molecule has 0 spiro atoms. The third kappa shape index (κ3) is 3.57. The summed E-state index contributed by atoms with van der Waals surface area (Å²) in [7, 11) is 0. The Balaban J connectivity index is 2.14. The van der Waals surface area contributed by atoms with E-state index < -0.39 is 0 Å². The topological polar surface area (TPSA) is 24.9 Å². The van der Waals surface area contributed by atoms with Crippen LogP contribution in [-0.2, 0) is 18.4 Å². The van der Waals surface area contributed by atoms with Gasteiger partial charge in [0.2, 0.25) is 0 Å². The molecule has 2 rings (SSSR count). The van der Waals surface area contributed by atoms with Gasteiger partial charge in [0.05, 0.1) is 11.2 Å². The molecule has 0 saturated heterocycles. The predicted octanol–water partition coefficient (Wildman–Crippen LogP) is 4.43. The smallest absolute Gasteiger partial charge is 0.113 e. The van der Waals surface area contributed by atoms with Gasteiger partial charge < -0.3 is 5.32 Å². The third-order valence-electron chi connectivity index (χ3n) is 4.16. The Labute approximate surface area is 122 Å². The van der Waals surface area contributed by atoms with E-state index in [9.17, 15) is 0 Å². The van der Waals surface area contributed by atoms with Crippen molar-refractivity contribution in [3.63, 3.8) is 0 Å². The molecule has 1 aliphatic carbocycles. The third-order valence-corrected chi connectivity index (χ3v) is 5.59. The molecule has 1 N–H and O–H groups in total. The highest BCUT2D eigenvalue weighted by molar-refractivity contribution is 7.11. The Hall–Kier alpha value is -0.410. The minimum Gasteiger partial charge on any atom is -0.306 e. The van der Waals surface area contributed by atoms with Gasteiger partial charge in [0.15, 0.2) is 0 Å². The number of hydrogen-bond donors (Lipinski definition) is 1. The number of rotatable bonds is 7. The quantitative estimate of drug-likeness (QED) is 0.748. The maximum Gasteiger partial charge on any atom is 0.113 e. The van der Waals surface area contributed by atoms with Gasteiger partial charge in [-0.25, -0.2) is 4.98 Å². The Kier molecular flexibility index (Phi) is 5.40. The zero-order valence-electron chi connectivity index (χ0n) is 12.7. The lowest BCUT2D eigenvalue weighted by atomic mass is 9.94. The van der Waals surface area contributed by atoms with Crippen LogP contribution in [0.5, 0.6) is 0 Å². The molecule has 1 aliphatic rings. The predicted molar refractivity (Wildman–Crippen MR) is 83.9 cm³/mol. The van der Waals surface area contributed by atoms with Gasteiger partial charge in [-0.05, 0) is 45.6 Å². The lowest BCUT2D eigenvalue weighted by Crippen LogP contribution is -2.39. The molecular weight excluding hydrogens is 252 g/mol. The molecule has 0 bridgehead atoms. The highest BCUT2D eigenvalue weighted by atomic mass is 32.1. The van der Waals surface area contributed by atoms with Gasteiger partial charge in [0.25, 0.3) is 0 Å². The number of thiazole rings is 1. The molecule has 1 aromatic rings. The number of aryl methyl sites for hydroxylation is 2. The highest BCUT2D eigenvalue weighted by Gasteiger charge is 2.30. The number of nitrogens with zero attached hydrogens (tertiary/aromatic N) is 1. The van der Waals surface area contributed by atoms with E-state index in [1.54, 1.807) is 4.88 Å². The first-order valence-corrected chi connectivity index (χ1v) is 8.75. The van der Waals surface area contributed by atoms with Crippen molar-refractivity contribution in [3.05, 3.63) is 15.6 Å². The number of nitrogens with one attached hydrogen (secondary N) is 1. The van der Waals surface area contributed by atoms with Gasteiger partial charge in [0.1, 0.15) is 5.01 Å². The van der Waals surface area contributed by atoms with E-state index >= 15 is 0 Å². The first kappa shape index (κ1) is 15.0. The van der Waals surface area contributed by atoms with Gasteiger partial charge in [-0.1, -0.05) is 33.1 Å². The van der Waals surface area contributed by atoms with Gasteiger partial charge in [-0.3, -0.25) is 0 Å². The van der Waals surface area contributed by atoms with Crippen LogP contribution in [0.3, 0.4) is 0 Å². The van der Waals surface area contributed by atoms with E-state index in [0.29, 0.717) is 0 Å². The minimum atomic E-state index is 0.0892. The summed E-state index contributed by atoms with van der Waals surface area (Å²) in [6.07, 6.45) is 10.2. The first-order chi connectivity index (χ1) is 9.19. The number of unbranched alkanes of at least 4 members (excludes halogenated alkanes) is 2. The van der Waals surface area contributed by atoms with Crippen LogP contribution >= 0.6 is 11.3 Å². The van der Waals surface area contributed by atoms with Crippen molar-refractivity contribution in [2.24, 2.45) is 0 Å². The van der Waals surface area contributed by atoms with Crippen LogP contribution in [0.4, 0.5) is 0 Å². The largest absolute Gasteiger partial charge is 0.306 e. The Morgan fingerprint density at radius 3 is 2.68 bits per heavy atom.